The molecule has 0 amide bonds. The number of aliphatic hydroxyl groups excluding tert-OH is 1. The summed E-state index contributed by atoms with van der Waals surface area (Å²) < 4.78 is 21.3. The molecule has 7 nitrogen and oxygen atoms in total. The van der Waals surface area contributed by atoms with E-state index < -0.39 is 0 Å². The Morgan fingerprint density at radius 3 is 2.87 bits per heavy atom. The van der Waals surface area contributed by atoms with E-state index >= 15 is 0 Å². The molecule has 1 aliphatic carbocycles. The molecule has 7 heteroatoms. The fourth-order valence-corrected chi connectivity index (χ4v) is 2.75. The SMILES string of the molecule is COC(=O)C1CC1CNCCOCCOC1CCC(O)[C@H](C)O1. The minimum absolute atomic E-state index is 0.0817. The van der Waals surface area contributed by atoms with Gasteiger partial charge in [-0.2, -0.15) is 0 Å². The number of hydrogen-bond donors (Lipinski definition) is 2. The highest BCUT2D eigenvalue weighted by Crippen LogP contribution is 2.38. The second-order valence-electron chi connectivity index (χ2n) is 6.23. The quantitative estimate of drug-likeness (QED) is 0.440. The summed E-state index contributed by atoms with van der Waals surface area (Å²) in [5, 5.41) is 12.8. The molecule has 1 saturated carbocycles. The van der Waals surface area contributed by atoms with E-state index in [0.717, 1.165) is 25.9 Å². The summed E-state index contributed by atoms with van der Waals surface area (Å²) in [5.74, 6) is 0.391. The molecule has 1 heterocycles. The molecule has 0 bridgehead atoms. The van der Waals surface area contributed by atoms with E-state index in [1.165, 1.54) is 7.11 Å². The first-order valence-corrected chi connectivity index (χ1v) is 8.43. The van der Waals surface area contributed by atoms with Crippen LogP contribution in [-0.2, 0) is 23.7 Å². The third kappa shape index (κ3) is 6.35. The van der Waals surface area contributed by atoms with Gasteiger partial charge in [0.1, 0.15) is 0 Å². The van der Waals surface area contributed by atoms with Gasteiger partial charge < -0.3 is 29.4 Å². The fraction of sp³-hybridized carbons (Fsp3) is 0.938. The molecule has 134 valence electrons. The number of nitrogens with one attached hydrogen (secondary N) is 1. The smallest absolute Gasteiger partial charge is 0.308 e. The maximum absolute atomic E-state index is 11.2. The monoisotopic (exact) mass is 331 g/mol. The Hall–Kier alpha value is -0.730. The maximum atomic E-state index is 11.2. The largest absolute Gasteiger partial charge is 0.469 e. The zero-order valence-corrected chi connectivity index (χ0v) is 14.0. The Morgan fingerprint density at radius 2 is 2.13 bits per heavy atom. The molecule has 2 aliphatic rings. The third-order valence-corrected chi connectivity index (χ3v) is 4.39. The molecule has 0 spiro atoms. The van der Waals surface area contributed by atoms with Crippen LogP contribution >= 0.6 is 0 Å². The van der Waals surface area contributed by atoms with Gasteiger partial charge >= 0.3 is 5.97 Å². The number of ether oxygens (including phenoxy) is 4. The van der Waals surface area contributed by atoms with Crippen LogP contribution < -0.4 is 5.32 Å². The molecule has 2 N–H and O–H groups in total. The molecule has 0 radical (unpaired) electrons. The van der Waals surface area contributed by atoms with Crippen molar-refractivity contribution in [2.75, 3.05) is 40.0 Å². The number of methoxy groups -OCH3 is 1. The van der Waals surface area contributed by atoms with E-state index in [1.807, 2.05) is 6.92 Å². The van der Waals surface area contributed by atoms with Gasteiger partial charge in [0.25, 0.3) is 0 Å². The second-order valence-corrected chi connectivity index (χ2v) is 6.23. The van der Waals surface area contributed by atoms with Crippen molar-refractivity contribution in [2.24, 2.45) is 11.8 Å². The average Bonchev–Trinajstić information content (AvgIpc) is 3.32. The number of carbonyl (C=O) groups excluding carboxylic acids is 1. The van der Waals surface area contributed by atoms with Gasteiger partial charge in [-0.3, -0.25) is 4.79 Å². The molecule has 2 rings (SSSR count). The zero-order valence-electron chi connectivity index (χ0n) is 14.0. The van der Waals surface area contributed by atoms with Gasteiger partial charge in [0, 0.05) is 13.0 Å². The highest BCUT2D eigenvalue weighted by atomic mass is 16.7. The van der Waals surface area contributed by atoms with Crippen molar-refractivity contribution in [3.05, 3.63) is 0 Å². The normalized spacial score (nSPS) is 33.4. The molecular weight excluding hydrogens is 302 g/mol. The van der Waals surface area contributed by atoms with E-state index in [2.05, 4.69) is 5.32 Å². The number of esters is 1. The Kier molecular flexibility index (Phi) is 7.72. The minimum atomic E-state index is -0.387. The van der Waals surface area contributed by atoms with Crippen LogP contribution in [-0.4, -0.2) is 69.6 Å². The third-order valence-electron chi connectivity index (χ3n) is 4.39. The van der Waals surface area contributed by atoms with Crippen molar-refractivity contribution in [1.29, 1.82) is 0 Å². The molecule has 0 aromatic rings. The number of rotatable bonds is 10. The minimum Gasteiger partial charge on any atom is -0.469 e. The van der Waals surface area contributed by atoms with Crippen LogP contribution in [0.4, 0.5) is 0 Å². The van der Waals surface area contributed by atoms with E-state index in [1.54, 1.807) is 0 Å². The van der Waals surface area contributed by atoms with Crippen molar-refractivity contribution in [1.82, 2.24) is 5.32 Å². The first-order valence-electron chi connectivity index (χ1n) is 8.43. The molecule has 1 aliphatic heterocycles. The van der Waals surface area contributed by atoms with Gasteiger partial charge in [-0.1, -0.05) is 0 Å². The lowest BCUT2D eigenvalue weighted by Crippen LogP contribution is -2.38. The number of carbonyl (C=O) groups is 1. The Labute approximate surface area is 137 Å². The first kappa shape index (κ1) is 18.6. The number of hydrogen-bond acceptors (Lipinski definition) is 7. The molecule has 0 aromatic heterocycles. The van der Waals surface area contributed by atoms with E-state index in [0.29, 0.717) is 32.2 Å². The molecule has 0 aromatic carbocycles. The molecule has 5 atom stereocenters. The van der Waals surface area contributed by atoms with Crippen molar-refractivity contribution < 1.29 is 28.8 Å². The Bertz CT molecular complexity index is 366. The number of aliphatic hydroxyl groups is 1. The molecule has 2 fully saturated rings. The van der Waals surface area contributed by atoms with Gasteiger partial charge in [0.15, 0.2) is 6.29 Å². The van der Waals surface area contributed by atoms with Crippen LogP contribution in [0.15, 0.2) is 0 Å². The van der Waals surface area contributed by atoms with Gasteiger partial charge in [-0.15, -0.1) is 0 Å². The average molecular weight is 331 g/mol. The van der Waals surface area contributed by atoms with Crippen LogP contribution in [0.3, 0.4) is 0 Å². The molecule has 4 unspecified atom stereocenters. The van der Waals surface area contributed by atoms with Gasteiger partial charge in [-0.25, -0.2) is 0 Å². The predicted molar refractivity (Wildman–Crippen MR) is 82.8 cm³/mol. The lowest BCUT2D eigenvalue weighted by Gasteiger charge is -2.31. The highest BCUT2D eigenvalue weighted by Gasteiger charge is 2.43. The maximum Gasteiger partial charge on any atom is 0.308 e. The van der Waals surface area contributed by atoms with Crippen molar-refractivity contribution in [3.8, 4) is 0 Å². The summed E-state index contributed by atoms with van der Waals surface area (Å²) in [6.45, 7) is 5.06. The van der Waals surface area contributed by atoms with Crippen LogP contribution in [0.25, 0.3) is 0 Å². The molecule has 23 heavy (non-hydrogen) atoms. The van der Waals surface area contributed by atoms with E-state index in [-0.39, 0.29) is 30.4 Å². The van der Waals surface area contributed by atoms with Crippen LogP contribution in [0.1, 0.15) is 26.2 Å². The Morgan fingerprint density at radius 1 is 1.30 bits per heavy atom. The highest BCUT2D eigenvalue weighted by molar-refractivity contribution is 5.75. The predicted octanol–water partition coefficient (Wildman–Crippen LogP) is 0.304. The topological polar surface area (TPSA) is 86.3 Å². The summed E-state index contributed by atoms with van der Waals surface area (Å²) >= 11 is 0. The van der Waals surface area contributed by atoms with Crippen LogP contribution in [0.5, 0.6) is 0 Å². The van der Waals surface area contributed by atoms with Gasteiger partial charge in [0.2, 0.25) is 0 Å². The summed E-state index contributed by atoms with van der Waals surface area (Å²) in [5.41, 5.74) is 0. The summed E-state index contributed by atoms with van der Waals surface area (Å²) in [4.78, 5) is 11.2. The summed E-state index contributed by atoms with van der Waals surface area (Å²) in [7, 11) is 1.43. The fourth-order valence-electron chi connectivity index (χ4n) is 2.75. The Balaban J connectivity index is 1.37. The van der Waals surface area contributed by atoms with Crippen molar-refractivity contribution in [3.63, 3.8) is 0 Å². The van der Waals surface area contributed by atoms with E-state index in [9.17, 15) is 9.90 Å². The van der Waals surface area contributed by atoms with E-state index in [4.69, 9.17) is 18.9 Å². The molecule has 1 saturated heterocycles. The molecular formula is C16H29NO6. The summed E-state index contributed by atoms with van der Waals surface area (Å²) in [6.07, 6.45) is 1.56. The van der Waals surface area contributed by atoms with Crippen molar-refractivity contribution in [2.45, 2.75) is 44.7 Å². The standard InChI is InChI=1S/C16H29NO6/c1-11-14(18)3-4-15(23-11)22-8-7-21-6-5-17-10-12-9-13(12)16(19)20-2/h11-15,17-18H,3-10H2,1-2H3/t11-,12?,13?,14?,15?/m0/s1. The lowest BCUT2D eigenvalue weighted by molar-refractivity contribution is -0.220. The van der Waals surface area contributed by atoms with Gasteiger partial charge in [-0.05, 0) is 32.2 Å². The first-order chi connectivity index (χ1) is 11.1. The summed E-state index contributed by atoms with van der Waals surface area (Å²) in [6, 6.07) is 0. The van der Waals surface area contributed by atoms with Crippen LogP contribution in [0.2, 0.25) is 0 Å². The van der Waals surface area contributed by atoms with Crippen molar-refractivity contribution >= 4 is 5.97 Å². The van der Waals surface area contributed by atoms with Crippen LogP contribution in [0, 0.1) is 11.8 Å². The van der Waals surface area contributed by atoms with Gasteiger partial charge in [0.05, 0.1) is 45.1 Å². The zero-order chi connectivity index (χ0) is 16.7. The lowest BCUT2D eigenvalue weighted by atomic mass is 10.1. The second kappa shape index (κ2) is 9.54.